The summed E-state index contributed by atoms with van der Waals surface area (Å²) in [4.78, 5) is 11.9. The van der Waals surface area contributed by atoms with Crippen molar-refractivity contribution >= 4 is 5.91 Å². The van der Waals surface area contributed by atoms with Crippen LogP contribution in [0.3, 0.4) is 0 Å². The Morgan fingerprint density at radius 2 is 1.94 bits per heavy atom. The molecule has 2 atom stereocenters. The molecule has 0 radical (unpaired) electrons. The Hall–Kier alpha value is -1.35. The highest BCUT2D eigenvalue weighted by molar-refractivity contribution is 5.79. The smallest absolute Gasteiger partial charge is 0.225 e. The third-order valence-electron chi connectivity index (χ3n) is 3.62. The summed E-state index contributed by atoms with van der Waals surface area (Å²) >= 11 is 0. The highest BCUT2D eigenvalue weighted by atomic mass is 16.3. The van der Waals surface area contributed by atoms with E-state index in [1.807, 2.05) is 18.2 Å². The van der Waals surface area contributed by atoms with Crippen molar-refractivity contribution in [3.8, 4) is 0 Å². The van der Waals surface area contributed by atoms with Crippen LogP contribution in [-0.2, 0) is 11.2 Å². The van der Waals surface area contributed by atoms with Crippen LogP contribution in [0.15, 0.2) is 30.3 Å². The first-order chi connectivity index (χ1) is 8.77. The predicted molar refractivity (Wildman–Crippen MR) is 71.1 cm³/mol. The van der Waals surface area contributed by atoms with Crippen molar-refractivity contribution in [1.29, 1.82) is 0 Å². The summed E-state index contributed by atoms with van der Waals surface area (Å²) in [5.74, 6) is -0.187. The Labute approximate surface area is 108 Å². The monoisotopic (exact) mass is 247 g/mol. The topological polar surface area (TPSA) is 49.3 Å². The molecule has 1 fully saturated rings. The molecular formula is C15H21NO2. The number of nitrogens with one attached hydrogen (secondary N) is 1. The lowest BCUT2D eigenvalue weighted by Crippen LogP contribution is -2.40. The zero-order valence-electron chi connectivity index (χ0n) is 10.6. The zero-order chi connectivity index (χ0) is 12.8. The third kappa shape index (κ3) is 3.57. The van der Waals surface area contributed by atoms with Crippen LogP contribution >= 0.6 is 0 Å². The first kappa shape index (κ1) is 13.1. The molecule has 3 nitrogen and oxygen atoms in total. The molecule has 0 unspecified atom stereocenters. The highest BCUT2D eigenvalue weighted by Gasteiger charge is 2.28. The molecule has 1 aromatic carbocycles. The Balaban J connectivity index is 1.74. The van der Waals surface area contributed by atoms with Crippen LogP contribution in [-0.4, -0.2) is 23.7 Å². The van der Waals surface area contributed by atoms with Gasteiger partial charge in [0, 0.05) is 6.54 Å². The van der Waals surface area contributed by atoms with Gasteiger partial charge in [-0.1, -0.05) is 43.2 Å². The molecule has 1 saturated carbocycles. The molecular weight excluding hydrogens is 226 g/mol. The van der Waals surface area contributed by atoms with Crippen molar-refractivity contribution in [3.05, 3.63) is 35.9 Å². The molecule has 1 aliphatic rings. The number of hydrogen-bond acceptors (Lipinski definition) is 2. The lowest BCUT2D eigenvalue weighted by molar-refractivity contribution is -0.130. The van der Waals surface area contributed by atoms with Crippen LogP contribution < -0.4 is 5.32 Å². The lowest BCUT2D eigenvalue weighted by atomic mass is 9.86. The van der Waals surface area contributed by atoms with E-state index in [0.717, 1.165) is 32.1 Å². The molecule has 0 spiro atoms. The molecule has 0 saturated heterocycles. The summed E-state index contributed by atoms with van der Waals surface area (Å²) in [5, 5.41) is 12.7. The van der Waals surface area contributed by atoms with Gasteiger partial charge >= 0.3 is 0 Å². The molecule has 98 valence electrons. The number of benzene rings is 1. The second kappa shape index (κ2) is 6.55. The molecule has 0 aromatic heterocycles. The first-order valence-electron chi connectivity index (χ1n) is 6.77. The number of carbonyl (C=O) groups is 1. The molecule has 1 aliphatic carbocycles. The van der Waals surface area contributed by atoms with Gasteiger partial charge in [0.25, 0.3) is 0 Å². The van der Waals surface area contributed by atoms with Crippen molar-refractivity contribution in [2.75, 3.05) is 6.54 Å². The summed E-state index contributed by atoms with van der Waals surface area (Å²) in [6.45, 7) is 0.645. The van der Waals surface area contributed by atoms with Crippen molar-refractivity contribution in [1.82, 2.24) is 5.32 Å². The molecule has 0 heterocycles. The second-order valence-corrected chi connectivity index (χ2v) is 4.98. The molecule has 0 bridgehead atoms. The molecule has 18 heavy (non-hydrogen) atoms. The Kier molecular flexibility index (Phi) is 4.76. The fraction of sp³-hybridized carbons (Fsp3) is 0.533. The maximum Gasteiger partial charge on any atom is 0.225 e. The number of hydrogen-bond donors (Lipinski definition) is 2. The van der Waals surface area contributed by atoms with E-state index in [-0.39, 0.29) is 11.8 Å². The minimum Gasteiger partial charge on any atom is -0.392 e. The lowest BCUT2D eigenvalue weighted by Gasteiger charge is -2.26. The van der Waals surface area contributed by atoms with Crippen LogP contribution in [0.2, 0.25) is 0 Å². The van der Waals surface area contributed by atoms with E-state index in [2.05, 4.69) is 17.4 Å². The standard InChI is InChI=1S/C15H21NO2/c17-14-9-5-4-8-13(14)15(18)16-11-10-12-6-2-1-3-7-12/h1-3,6-7,13-14,17H,4-5,8-11H2,(H,16,18)/t13-,14+/m1/s1. The molecule has 2 rings (SSSR count). The number of amides is 1. The van der Waals surface area contributed by atoms with Gasteiger partial charge in [0.05, 0.1) is 12.0 Å². The maximum absolute atomic E-state index is 11.9. The highest BCUT2D eigenvalue weighted by Crippen LogP contribution is 2.24. The average molecular weight is 247 g/mol. The Morgan fingerprint density at radius 3 is 2.67 bits per heavy atom. The molecule has 0 aliphatic heterocycles. The fourth-order valence-corrected chi connectivity index (χ4v) is 2.52. The summed E-state index contributed by atoms with van der Waals surface area (Å²) in [6.07, 6.45) is 4.06. The van der Waals surface area contributed by atoms with Gasteiger partial charge in [-0.2, -0.15) is 0 Å². The summed E-state index contributed by atoms with van der Waals surface area (Å²) in [6, 6.07) is 10.1. The molecule has 1 aromatic rings. The van der Waals surface area contributed by atoms with Gasteiger partial charge in [0.2, 0.25) is 5.91 Å². The fourth-order valence-electron chi connectivity index (χ4n) is 2.52. The van der Waals surface area contributed by atoms with Gasteiger partial charge in [-0.05, 0) is 24.8 Å². The van der Waals surface area contributed by atoms with E-state index in [0.29, 0.717) is 6.54 Å². The van der Waals surface area contributed by atoms with E-state index in [9.17, 15) is 9.90 Å². The quantitative estimate of drug-likeness (QED) is 0.853. The molecule has 3 heteroatoms. The predicted octanol–water partition coefficient (Wildman–Crippen LogP) is 1.90. The van der Waals surface area contributed by atoms with Gasteiger partial charge in [-0.25, -0.2) is 0 Å². The van der Waals surface area contributed by atoms with E-state index >= 15 is 0 Å². The van der Waals surface area contributed by atoms with Crippen molar-refractivity contribution in [3.63, 3.8) is 0 Å². The largest absolute Gasteiger partial charge is 0.392 e. The Bertz CT molecular complexity index is 377. The summed E-state index contributed by atoms with van der Waals surface area (Å²) < 4.78 is 0. The van der Waals surface area contributed by atoms with E-state index in [1.165, 1.54) is 5.56 Å². The van der Waals surface area contributed by atoms with E-state index in [1.54, 1.807) is 0 Å². The number of rotatable bonds is 4. The van der Waals surface area contributed by atoms with Crippen molar-refractivity contribution in [2.24, 2.45) is 5.92 Å². The second-order valence-electron chi connectivity index (χ2n) is 4.98. The summed E-state index contributed by atoms with van der Waals surface area (Å²) in [7, 11) is 0. The molecule has 2 N–H and O–H groups in total. The number of carbonyl (C=O) groups excluding carboxylic acids is 1. The van der Waals surface area contributed by atoms with Crippen LogP contribution in [0, 0.1) is 5.92 Å². The van der Waals surface area contributed by atoms with Gasteiger partial charge in [-0.3, -0.25) is 4.79 Å². The van der Waals surface area contributed by atoms with Gasteiger partial charge < -0.3 is 10.4 Å². The van der Waals surface area contributed by atoms with Crippen LogP contribution in [0.5, 0.6) is 0 Å². The van der Waals surface area contributed by atoms with Crippen LogP contribution in [0.1, 0.15) is 31.2 Å². The van der Waals surface area contributed by atoms with Crippen LogP contribution in [0.4, 0.5) is 0 Å². The average Bonchev–Trinajstić information content (AvgIpc) is 2.40. The van der Waals surface area contributed by atoms with Gasteiger partial charge in [-0.15, -0.1) is 0 Å². The zero-order valence-corrected chi connectivity index (χ0v) is 10.6. The maximum atomic E-state index is 11.9. The SMILES string of the molecule is O=C(NCCc1ccccc1)[C@@H]1CCCC[C@@H]1O. The van der Waals surface area contributed by atoms with Crippen molar-refractivity contribution < 1.29 is 9.90 Å². The first-order valence-corrected chi connectivity index (χ1v) is 6.77. The van der Waals surface area contributed by atoms with Crippen molar-refractivity contribution in [2.45, 2.75) is 38.2 Å². The van der Waals surface area contributed by atoms with Gasteiger partial charge in [0.15, 0.2) is 0 Å². The number of aliphatic hydroxyl groups excluding tert-OH is 1. The minimum absolute atomic E-state index is 0.0122. The minimum atomic E-state index is -0.449. The van der Waals surface area contributed by atoms with Crippen LogP contribution in [0.25, 0.3) is 0 Å². The third-order valence-corrected chi connectivity index (χ3v) is 3.62. The van der Waals surface area contributed by atoms with Gasteiger partial charge in [0.1, 0.15) is 0 Å². The summed E-state index contributed by atoms with van der Waals surface area (Å²) in [5.41, 5.74) is 1.22. The van der Waals surface area contributed by atoms with E-state index < -0.39 is 6.10 Å². The Morgan fingerprint density at radius 1 is 1.22 bits per heavy atom. The van der Waals surface area contributed by atoms with E-state index in [4.69, 9.17) is 0 Å². The number of aliphatic hydroxyl groups is 1. The normalized spacial score (nSPS) is 23.6. The molecule has 1 amide bonds.